The van der Waals surface area contributed by atoms with Crippen LogP contribution in [0, 0.1) is 0 Å². The molecule has 88 valence electrons. The largest absolute Gasteiger partial charge is 0.378 e. The van der Waals surface area contributed by atoms with E-state index in [1.54, 1.807) is 12.0 Å². The van der Waals surface area contributed by atoms with Gasteiger partial charge in [-0.3, -0.25) is 4.79 Å². The highest BCUT2D eigenvalue weighted by Gasteiger charge is 2.32. The molecule has 1 saturated heterocycles. The molecule has 2 N–H and O–H groups in total. The summed E-state index contributed by atoms with van der Waals surface area (Å²) in [6.07, 6.45) is 4.39. The zero-order valence-corrected chi connectivity index (χ0v) is 9.74. The summed E-state index contributed by atoms with van der Waals surface area (Å²) in [6.45, 7) is 3.56. The highest BCUT2D eigenvalue weighted by Crippen LogP contribution is 2.13. The number of likely N-dealkylation sites (tertiary alicyclic amines) is 1. The van der Waals surface area contributed by atoms with Crippen LogP contribution in [0.5, 0.6) is 0 Å². The summed E-state index contributed by atoms with van der Waals surface area (Å²) in [5.74, 6) is 0.0828. The molecule has 0 bridgehead atoms. The van der Waals surface area contributed by atoms with Gasteiger partial charge in [0.15, 0.2) is 0 Å². The average molecular weight is 214 g/mol. The normalized spacial score (nSPS) is 18.7. The lowest BCUT2D eigenvalue weighted by molar-refractivity contribution is -0.144. The molecule has 1 atom stereocenters. The van der Waals surface area contributed by atoms with E-state index in [0.29, 0.717) is 13.1 Å². The molecule has 1 rings (SSSR count). The van der Waals surface area contributed by atoms with Crippen molar-refractivity contribution in [1.29, 1.82) is 0 Å². The number of methoxy groups -OCH3 is 1. The zero-order chi connectivity index (χ0) is 11.3. The van der Waals surface area contributed by atoms with Crippen molar-refractivity contribution in [2.24, 2.45) is 5.73 Å². The number of nitrogens with zero attached hydrogens (tertiary/aromatic N) is 1. The Bertz CT molecular complexity index is 203. The van der Waals surface area contributed by atoms with Crippen molar-refractivity contribution in [2.45, 2.75) is 44.8 Å². The number of amides is 1. The summed E-state index contributed by atoms with van der Waals surface area (Å²) in [7, 11) is 1.67. The van der Waals surface area contributed by atoms with Crippen LogP contribution in [0.25, 0.3) is 0 Å². The van der Waals surface area contributed by atoms with Gasteiger partial charge in [-0.25, -0.2) is 0 Å². The Morgan fingerprint density at radius 2 is 2.20 bits per heavy atom. The van der Waals surface area contributed by atoms with Gasteiger partial charge in [-0.15, -0.1) is 0 Å². The molecule has 1 unspecified atom stereocenters. The van der Waals surface area contributed by atoms with Crippen LogP contribution in [0.2, 0.25) is 0 Å². The van der Waals surface area contributed by atoms with E-state index >= 15 is 0 Å². The van der Waals surface area contributed by atoms with E-state index in [1.165, 1.54) is 0 Å². The Balaban J connectivity index is 2.17. The van der Waals surface area contributed by atoms with Gasteiger partial charge in [0.1, 0.15) is 0 Å². The summed E-state index contributed by atoms with van der Waals surface area (Å²) in [5.41, 5.74) is 5.82. The summed E-state index contributed by atoms with van der Waals surface area (Å²) < 4.78 is 5.11. The van der Waals surface area contributed by atoms with Crippen molar-refractivity contribution in [3.63, 3.8) is 0 Å². The van der Waals surface area contributed by atoms with Crippen LogP contribution in [-0.2, 0) is 9.53 Å². The summed E-state index contributed by atoms with van der Waals surface area (Å²) in [4.78, 5) is 13.5. The van der Waals surface area contributed by atoms with Crippen LogP contribution in [0.1, 0.15) is 32.6 Å². The van der Waals surface area contributed by atoms with Crippen molar-refractivity contribution in [1.82, 2.24) is 4.90 Å². The van der Waals surface area contributed by atoms with Crippen molar-refractivity contribution in [2.75, 3.05) is 20.2 Å². The quantitative estimate of drug-likeness (QED) is 0.664. The van der Waals surface area contributed by atoms with Gasteiger partial charge in [0.2, 0.25) is 5.91 Å². The minimum Gasteiger partial charge on any atom is -0.378 e. The van der Waals surface area contributed by atoms with Gasteiger partial charge < -0.3 is 15.4 Å². The second-order valence-electron chi connectivity index (χ2n) is 4.20. The minimum atomic E-state index is -0.311. The molecule has 0 saturated carbocycles. The van der Waals surface area contributed by atoms with Crippen molar-refractivity contribution in [3.8, 4) is 0 Å². The minimum absolute atomic E-state index is 0.0828. The third-order valence-corrected chi connectivity index (χ3v) is 2.93. The monoisotopic (exact) mass is 214 g/mol. The van der Waals surface area contributed by atoms with Crippen molar-refractivity contribution >= 4 is 5.91 Å². The number of carbonyl (C=O) groups is 1. The first-order valence-electron chi connectivity index (χ1n) is 5.76. The molecule has 4 nitrogen and oxygen atoms in total. The zero-order valence-electron chi connectivity index (χ0n) is 9.74. The smallest absolute Gasteiger partial charge is 0.239 e. The maximum atomic E-state index is 11.7. The third kappa shape index (κ3) is 3.47. The Kier molecular flexibility index (Phi) is 5.05. The molecule has 15 heavy (non-hydrogen) atoms. The van der Waals surface area contributed by atoms with Gasteiger partial charge in [-0.05, 0) is 6.42 Å². The van der Waals surface area contributed by atoms with Crippen molar-refractivity contribution < 1.29 is 9.53 Å². The summed E-state index contributed by atoms with van der Waals surface area (Å²) in [6, 6.07) is -0.311. The first-order chi connectivity index (χ1) is 7.19. The molecule has 1 aliphatic rings. The number of ether oxygens (including phenoxy) is 1. The van der Waals surface area contributed by atoms with E-state index in [9.17, 15) is 4.79 Å². The maximum Gasteiger partial charge on any atom is 0.239 e. The van der Waals surface area contributed by atoms with E-state index in [0.717, 1.165) is 25.7 Å². The second-order valence-corrected chi connectivity index (χ2v) is 4.20. The molecule has 1 aliphatic heterocycles. The van der Waals surface area contributed by atoms with Crippen LogP contribution >= 0.6 is 0 Å². The number of nitrogens with two attached hydrogens (primary N) is 1. The topological polar surface area (TPSA) is 55.6 Å². The molecule has 0 aromatic carbocycles. The number of unbranched alkanes of at least 4 members (excludes halogenated alkanes) is 2. The summed E-state index contributed by atoms with van der Waals surface area (Å²) in [5, 5.41) is 0. The first kappa shape index (κ1) is 12.5. The van der Waals surface area contributed by atoms with E-state index in [1.807, 2.05) is 0 Å². The third-order valence-electron chi connectivity index (χ3n) is 2.93. The predicted octanol–water partition coefficient (Wildman–Crippen LogP) is 0.751. The number of hydrogen-bond donors (Lipinski definition) is 1. The SMILES string of the molecule is CCCCCC(N)C(=O)N1CC(OC)C1. The number of hydrogen-bond acceptors (Lipinski definition) is 3. The first-order valence-corrected chi connectivity index (χ1v) is 5.76. The fourth-order valence-corrected chi connectivity index (χ4v) is 1.74. The molecule has 0 aromatic heterocycles. The molecule has 0 radical (unpaired) electrons. The molecule has 1 heterocycles. The molecule has 0 aliphatic carbocycles. The Morgan fingerprint density at radius 3 is 2.73 bits per heavy atom. The molecule has 0 spiro atoms. The second kappa shape index (κ2) is 6.08. The number of carbonyl (C=O) groups excluding carboxylic acids is 1. The average Bonchev–Trinajstić information content (AvgIpc) is 2.16. The molecule has 0 aromatic rings. The lowest BCUT2D eigenvalue weighted by Gasteiger charge is -2.39. The number of rotatable bonds is 6. The van der Waals surface area contributed by atoms with Gasteiger partial charge >= 0.3 is 0 Å². The van der Waals surface area contributed by atoms with Crippen LogP contribution in [0.3, 0.4) is 0 Å². The van der Waals surface area contributed by atoms with Crippen LogP contribution in [-0.4, -0.2) is 43.2 Å². The predicted molar refractivity (Wildman–Crippen MR) is 59.5 cm³/mol. The highest BCUT2D eigenvalue weighted by atomic mass is 16.5. The molecule has 1 fully saturated rings. The Morgan fingerprint density at radius 1 is 1.53 bits per heavy atom. The molecular weight excluding hydrogens is 192 g/mol. The Hall–Kier alpha value is -0.610. The highest BCUT2D eigenvalue weighted by molar-refractivity contribution is 5.82. The van der Waals surface area contributed by atoms with E-state index in [-0.39, 0.29) is 18.1 Å². The fraction of sp³-hybridized carbons (Fsp3) is 0.909. The summed E-state index contributed by atoms with van der Waals surface area (Å²) >= 11 is 0. The maximum absolute atomic E-state index is 11.7. The lowest BCUT2D eigenvalue weighted by atomic mass is 10.1. The molecule has 4 heteroatoms. The Labute approximate surface area is 91.8 Å². The molecular formula is C11H22N2O2. The van der Waals surface area contributed by atoms with E-state index in [4.69, 9.17) is 10.5 Å². The molecule has 1 amide bonds. The van der Waals surface area contributed by atoms with Crippen LogP contribution in [0.4, 0.5) is 0 Å². The van der Waals surface area contributed by atoms with E-state index < -0.39 is 0 Å². The van der Waals surface area contributed by atoms with Gasteiger partial charge in [0.25, 0.3) is 0 Å². The van der Waals surface area contributed by atoms with Gasteiger partial charge in [-0.2, -0.15) is 0 Å². The van der Waals surface area contributed by atoms with Crippen LogP contribution in [0.15, 0.2) is 0 Å². The lowest BCUT2D eigenvalue weighted by Crippen LogP contribution is -2.58. The standard InChI is InChI=1S/C11H22N2O2/c1-3-4-5-6-10(12)11(14)13-7-9(8-13)15-2/h9-10H,3-8,12H2,1-2H3. The fourth-order valence-electron chi connectivity index (χ4n) is 1.74. The van der Waals surface area contributed by atoms with Gasteiger partial charge in [0.05, 0.1) is 12.1 Å². The van der Waals surface area contributed by atoms with Crippen LogP contribution < -0.4 is 5.73 Å². The van der Waals surface area contributed by atoms with E-state index in [2.05, 4.69) is 6.92 Å². The van der Waals surface area contributed by atoms with Gasteiger partial charge in [-0.1, -0.05) is 26.2 Å². The van der Waals surface area contributed by atoms with Crippen molar-refractivity contribution in [3.05, 3.63) is 0 Å². The van der Waals surface area contributed by atoms with Gasteiger partial charge in [0, 0.05) is 20.2 Å².